The molecule has 1 aromatic rings. The standard InChI is InChI=1S/C17H26N2O3S/c1-13(20)16-8-14(12-23-16)9-17(22)18-10-15(21)11-19-6-4-2-3-5-7-19/h8,12,15,21H,2-7,9-11H2,1H3,(H,18,22). The van der Waals surface area contributed by atoms with Gasteiger partial charge in [-0.2, -0.15) is 0 Å². The second-order valence-electron chi connectivity index (χ2n) is 6.22. The van der Waals surface area contributed by atoms with E-state index in [1.54, 1.807) is 6.07 Å². The normalized spacial score (nSPS) is 17.5. The van der Waals surface area contributed by atoms with Gasteiger partial charge in [-0.1, -0.05) is 12.8 Å². The molecular formula is C17H26N2O3S. The molecule has 1 atom stereocenters. The van der Waals surface area contributed by atoms with Gasteiger partial charge in [0.1, 0.15) is 0 Å². The minimum atomic E-state index is -0.535. The quantitative estimate of drug-likeness (QED) is 0.745. The molecule has 2 rings (SSSR count). The number of aliphatic hydroxyl groups excluding tert-OH is 1. The Morgan fingerprint density at radius 3 is 2.61 bits per heavy atom. The molecule has 0 saturated carbocycles. The van der Waals surface area contributed by atoms with Crippen LogP contribution in [0.1, 0.15) is 47.8 Å². The molecule has 0 bridgehead atoms. The summed E-state index contributed by atoms with van der Waals surface area (Å²) in [4.78, 5) is 26.1. The van der Waals surface area contributed by atoms with Gasteiger partial charge in [0.05, 0.1) is 17.4 Å². The molecule has 23 heavy (non-hydrogen) atoms. The molecule has 1 amide bonds. The summed E-state index contributed by atoms with van der Waals surface area (Å²) in [5, 5.41) is 14.7. The zero-order valence-corrected chi connectivity index (χ0v) is 14.5. The van der Waals surface area contributed by atoms with Crippen LogP contribution in [0.3, 0.4) is 0 Å². The Balaban J connectivity index is 1.69. The lowest BCUT2D eigenvalue weighted by Crippen LogP contribution is -2.40. The van der Waals surface area contributed by atoms with E-state index in [0.29, 0.717) is 11.4 Å². The molecule has 1 aliphatic rings. The van der Waals surface area contributed by atoms with Gasteiger partial charge in [-0.15, -0.1) is 11.3 Å². The summed E-state index contributed by atoms with van der Waals surface area (Å²) < 4.78 is 0. The first-order chi connectivity index (χ1) is 11.0. The number of hydrogen-bond donors (Lipinski definition) is 2. The Morgan fingerprint density at radius 1 is 1.30 bits per heavy atom. The van der Waals surface area contributed by atoms with E-state index in [1.807, 2.05) is 5.38 Å². The smallest absolute Gasteiger partial charge is 0.224 e. The predicted octanol–water partition coefficient (Wildman–Crippen LogP) is 1.85. The summed E-state index contributed by atoms with van der Waals surface area (Å²) in [7, 11) is 0. The number of amides is 1. The van der Waals surface area contributed by atoms with Gasteiger partial charge >= 0.3 is 0 Å². The molecule has 2 heterocycles. The second kappa shape index (κ2) is 9.15. The summed E-state index contributed by atoms with van der Waals surface area (Å²) in [5.41, 5.74) is 0.847. The maximum absolute atomic E-state index is 11.9. The highest BCUT2D eigenvalue weighted by atomic mass is 32.1. The van der Waals surface area contributed by atoms with E-state index >= 15 is 0 Å². The molecular weight excluding hydrogens is 312 g/mol. The molecule has 128 valence electrons. The van der Waals surface area contributed by atoms with E-state index in [0.717, 1.165) is 18.7 Å². The number of Topliss-reactive ketones (excluding diaryl/α,β-unsaturated/α-hetero) is 1. The van der Waals surface area contributed by atoms with Crippen LogP contribution in [-0.2, 0) is 11.2 Å². The Bertz CT molecular complexity index is 522. The second-order valence-corrected chi connectivity index (χ2v) is 7.14. The summed E-state index contributed by atoms with van der Waals surface area (Å²) in [6.07, 6.45) is 4.64. The summed E-state index contributed by atoms with van der Waals surface area (Å²) in [6, 6.07) is 1.76. The summed E-state index contributed by atoms with van der Waals surface area (Å²) >= 11 is 1.36. The SMILES string of the molecule is CC(=O)c1cc(CC(=O)NCC(O)CN2CCCCCC2)cs1. The van der Waals surface area contributed by atoms with Crippen LogP contribution in [0.25, 0.3) is 0 Å². The topological polar surface area (TPSA) is 69.6 Å². The largest absolute Gasteiger partial charge is 0.390 e. The highest BCUT2D eigenvalue weighted by molar-refractivity contribution is 7.12. The lowest BCUT2D eigenvalue weighted by atomic mass is 10.2. The van der Waals surface area contributed by atoms with Gasteiger partial charge in [-0.25, -0.2) is 0 Å². The number of hydrogen-bond acceptors (Lipinski definition) is 5. The van der Waals surface area contributed by atoms with E-state index in [1.165, 1.54) is 43.9 Å². The van der Waals surface area contributed by atoms with Crippen LogP contribution < -0.4 is 5.32 Å². The molecule has 6 heteroatoms. The number of thiophene rings is 1. The van der Waals surface area contributed by atoms with E-state index in [-0.39, 0.29) is 24.7 Å². The number of carbonyl (C=O) groups excluding carboxylic acids is 2. The number of nitrogens with one attached hydrogen (secondary N) is 1. The highest BCUT2D eigenvalue weighted by Crippen LogP contribution is 2.15. The Labute approximate surface area is 141 Å². The van der Waals surface area contributed by atoms with Crippen LogP contribution in [0.5, 0.6) is 0 Å². The van der Waals surface area contributed by atoms with E-state index < -0.39 is 6.10 Å². The third-order valence-electron chi connectivity index (χ3n) is 4.07. The fourth-order valence-corrected chi connectivity index (χ4v) is 3.63. The third kappa shape index (κ3) is 6.41. The molecule has 0 spiro atoms. The van der Waals surface area contributed by atoms with Gasteiger partial charge < -0.3 is 15.3 Å². The van der Waals surface area contributed by atoms with Crippen molar-refractivity contribution in [3.05, 3.63) is 21.9 Å². The first-order valence-electron chi connectivity index (χ1n) is 8.30. The average Bonchev–Trinajstić information content (AvgIpc) is 2.82. The minimum absolute atomic E-state index is 0.0227. The monoisotopic (exact) mass is 338 g/mol. The van der Waals surface area contributed by atoms with Gasteiger partial charge in [-0.05, 0) is 49.9 Å². The third-order valence-corrected chi connectivity index (χ3v) is 5.15. The first kappa shape index (κ1) is 18.1. The van der Waals surface area contributed by atoms with Crippen molar-refractivity contribution in [3.63, 3.8) is 0 Å². The molecule has 1 saturated heterocycles. The zero-order chi connectivity index (χ0) is 16.7. The lowest BCUT2D eigenvalue weighted by molar-refractivity contribution is -0.120. The van der Waals surface area contributed by atoms with E-state index in [4.69, 9.17) is 0 Å². The van der Waals surface area contributed by atoms with Crippen molar-refractivity contribution in [1.29, 1.82) is 0 Å². The molecule has 1 unspecified atom stereocenters. The van der Waals surface area contributed by atoms with Gasteiger partial charge in [0.15, 0.2) is 5.78 Å². The van der Waals surface area contributed by atoms with Crippen molar-refractivity contribution in [3.8, 4) is 0 Å². The molecule has 5 nitrogen and oxygen atoms in total. The number of carbonyl (C=O) groups is 2. The van der Waals surface area contributed by atoms with Gasteiger partial charge in [-0.3, -0.25) is 9.59 Å². The first-order valence-corrected chi connectivity index (χ1v) is 9.18. The maximum atomic E-state index is 11.9. The molecule has 2 N–H and O–H groups in total. The summed E-state index contributed by atoms with van der Waals surface area (Å²) in [5.74, 6) is -0.0950. The van der Waals surface area contributed by atoms with Gasteiger partial charge in [0, 0.05) is 13.1 Å². The van der Waals surface area contributed by atoms with E-state index in [9.17, 15) is 14.7 Å². The molecule has 0 aliphatic carbocycles. The van der Waals surface area contributed by atoms with Crippen LogP contribution in [-0.4, -0.2) is 54.0 Å². The van der Waals surface area contributed by atoms with Crippen LogP contribution >= 0.6 is 11.3 Å². The van der Waals surface area contributed by atoms with Crippen LogP contribution in [0.15, 0.2) is 11.4 Å². The van der Waals surface area contributed by atoms with Crippen LogP contribution in [0.4, 0.5) is 0 Å². The number of aliphatic hydroxyl groups is 1. The van der Waals surface area contributed by atoms with Crippen LogP contribution in [0.2, 0.25) is 0 Å². The number of nitrogens with zero attached hydrogens (tertiary/aromatic N) is 1. The van der Waals surface area contributed by atoms with E-state index in [2.05, 4.69) is 10.2 Å². The van der Waals surface area contributed by atoms with Crippen LogP contribution in [0, 0.1) is 0 Å². The molecule has 0 aromatic carbocycles. The minimum Gasteiger partial charge on any atom is -0.390 e. The molecule has 1 aromatic heterocycles. The van der Waals surface area contributed by atoms with Crippen molar-refractivity contribution in [1.82, 2.24) is 10.2 Å². The maximum Gasteiger partial charge on any atom is 0.224 e. The molecule has 1 aliphatic heterocycles. The zero-order valence-electron chi connectivity index (χ0n) is 13.7. The Hall–Kier alpha value is -1.24. The number of β-amino-alcohol motifs (C(OH)–C–C–N with tert-alkyl or cyclic N) is 1. The van der Waals surface area contributed by atoms with Crippen molar-refractivity contribution in [2.75, 3.05) is 26.2 Å². The van der Waals surface area contributed by atoms with Crippen molar-refractivity contribution in [2.45, 2.75) is 45.1 Å². The fraction of sp³-hybridized carbons (Fsp3) is 0.647. The van der Waals surface area contributed by atoms with Crippen molar-refractivity contribution >= 4 is 23.0 Å². The number of rotatable bonds is 7. The number of likely N-dealkylation sites (tertiary alicyclic amines) is 1. The highest BCUT2D eigenvalue weighted by Gasteiger charge is 2.15. The average molecular weight is 338 g/mol. The Morgan fingerprint density at radius 2 is 2.00 bits per heavy atom. The van der Waals surface area contributed by atoms with Gasteiger partial charge in [0.2, 0.25) is 5.91 Å². The lowest BCUT2D eigenvalue weighted by Gasteiger charge is -2.23. The predicted molar refractivity (Wildman–Crippen MR) is 92.0 cm³/mol. The fourth-order valence-electron chi connectivity index (χ4n) is 2.81. The molecule has 0 radical (unpaired) electrons. The number of ketones is 1. The summed E-state index contributed by atoms with van der Waals surface area (Å²) in [6.45, 7) is 4.49. The molecule has 1 fully saturated rings. The van der Waals surface area contributed by atoms with Crippen molar-refractivity contribution in [2.24, 2.45) is 0 Å². The Kier molecular flexibility index (Phi) is 7.20. The van der Waals surface area contributed by atoms with Gasteiger partial charge in [0.25, 0.3) is 0 Å². The van der Waals surface area contributed by atoms with Crippen molar-refractivity contribution < 1.29 is 14.7 Å².